The Morgan fingerprint density at radius 2 is 1.76 bits per heavy atom. The molecule has 4 nitrogen and oxygen atoms in total. The van der Waals surface area contributed by atoms with Gasteiger partial charge in [0, 0.05) is 18.0 Å². The molecule has 0 fully saturated rings. The highest BCUT2D eigenvalue weighted by atomic mass is 16.5. The fraction of sp³-hybridized carbons (Fsp3) is 0.154. The van der Waals surface area contributed by atoms with Crippen molar-refractivity contribution in [1.82, 2.24) is 4.98 Å². The number of hydrogen-bond acceptors (Lipinski definition) is 4. The van der Waals surface area contributed by atoms with Crippen molar-refractivity contribution in [3.05, 3.63) is 42.1 Å². The minimum Gasteiger partial charge on any atom is -0.497 e. The minimum atomic E-state index is 0.485. The second kappa shape index (κ2) is 4.74. The topological polar surface area (TPSA) is 57.4 Å². The number of aromatic nitrogens is 1. The van der Waals surface area contributed by atoms with E-state index in [9.17, 15) is 0 Å². The van der Waals surface area contributed by atoms with Crippen molar-refractivity contribution in [3.8, 4) is 17.4 Å². The molecule has 1 aromatic carbocycles. The summed E-state index contributed by atoms with van der Waals surface area (Å²) in [4.78, 5) is 4.14. The Balaban J connectivity index is 2.16. The van der Waals surface area contributed by atoms with E-state index in [-0.39, 0.29) is 0 Å². The highest BCUT2D eigenvalue weighted by Crippen LogP contribution is 2.24. The van der Waals surface area contributed by atoms with Gasteiger partial charge in [0.25, 0.3) is 0 Å². The summed E-state index contributed by atoms with van der Waals surface area (Å²) in [7, 11) is 1.62. The molecular weight excluding hydrogens is 216 g/mol. The zero-order chi connectivity index (χ0) is 12.3. The van der Waals surface area contributed by atoms with Gasteiger partial charge in [0.1, 0.15) is 11.5 Å². The monoisotopic (exact) mass is 230 g/mol. The van der Waals surface area contributed by atoms with Crippen molar-refractivity contribution in [2.75, 3.05) is 12.8 Å². The standard InChI is InChI=1S/C13H14N2O2/c1-9-8-15-13(7-12(9)14)17-11-5-3-10(16-2)4-6-11/h3-8H,1-2H3,(H2,14,15). The van der Waals surface area contributed by atoms with Crippen molar-refractivity contribution < 1.29 is 9.47 Å². The third-order valence-electron chi connectivity index (χ3n) is 2.40. The fourth-order valence-electron chi connectivity index (χ4n) is 1.34. The number of rotatable bonds is 3. The lowest BCUT2D eigenvalue weighted by Gasteiger charge is -2.07. The normalized spacial score (nSPS) is 10.0. The van der Waals surface area contributed by atoms with E-state index < -0.39 is 0 Å². The lowest BCUT2D eigenvalue weighted by molar-refractivity contribution is 0.412. The number of nitrogens with two attached hydrogens (primary N) is 1. The van der Waals surface area contributed by atoms with Crippen molar-refractivity contribution in [3.63, 3.8) is 0 Å². The van der Waals surface area contributed by atoms with Crippen LogP contribution in [0.5, 0.6) is 17.4 Å². The van der Waals surface area contributed by atoms with Crippen molar-refractivity contribution in [2.45, 2.75) is 6.92 Å². The number of anilines is 1. The van der Waals surface area contributed by atoms with Gasteiger partial charge < -0.3 is 15.2 Å². The zero-order valence-corrected chi connectivity index (χ0v) is 9.81. The number of nitrogen functional groups attached to an aromatic ring is 1. The number of benzene rings is 1. The molecule has 0 spiro atoms. The van der Waals surface area contributed by atoms with Crippen molar-refractivity contribution in [2.24, 2.45) is 0 Å². The molecule has 2 rings (SSSR count). The van der Waals surface area contributed by atoms with Gasteiger partial charge in [-0.25, -0.2) is 4.98 Å². The molecule has 0 saturated carbocycles. The molecule has 17 heavy (non-hydrogen) atoms. The molecule has 1 heterocycles. The average Bonchev–Trinajstić information content (AvgIpc) is 2.35. The Labute approximate surface area is 100 Å². The minimum absolute atomic E-state index is 0.485. The molecule has 2 N–H and O–H groups in total. The maximum Gasteiger partial charge on any atom is 0.221 e. The number of pyridine rings is 1. The van der Waals surface area contributed by atoms with Gasteiger partial charge in [-0.3, -0.25) is 0 Å². The third-order valence-corrected chi connectivity index (χ3v) is 2.40. The predicted molar refractivity (Wildman–Crippen MR) is 66.5 cm³/mol. The van der Waals surface area contributed by atoms with Gasteiger partial charge >= 0.3 is 0 Å². The highest BCUT2D eigenvalue weighted by molar-refractivity contribution is 5.48. The van der Waals surface area contributed by atoms with Gasteiger partial charge in [0.2, 0.25) is 5.88 Å². The van der Waals surface area contributed by atoms with E-state index in [0.29, 0.717) is 17.3 Å². The predicted octanol–water partition coefficient (Wildman–Crippen LogP) is 2.77. The average molecular weight is 230 g/mol. The summed E-state index contributed by atoms with van der Waals surface area (Å²) < 4.78 is 10.6. The summed E-state index contributed by atoms with van der Waals surface area (Å²) in [6, 6.07) is 8.99. The van der Waals surface area contributed by atoms with Crippen LogP contribution in [0.15, 0.2) is 36.5 Å². The number of ether oxygens (including phenoxy) is 2. The first-order valence-corrected chi connectivity index (χ1v) is 5.23. The van der Waals surface area contributed by atoms with Gasteiger partial charge in [-0.05, 0) is 36.8 Å². The lowest BCUT2D eigenvalue weighted by atomic mass is 10.3. The second-order valence-electron chi connectivity index (χ2n) is 3.66. The maximum absolute atomic E-state index is 5.78. The molecule has 0 aliphatic carbocycles. The highest BCUT2D eigenvalue weighted by Gasteiger charge is 2.01. The van der Waals surface area contributed by atoms with Crippen LogP contribution in [0, 0.1) is 6.92 Å². The molecule has 4 heteroatoms. The number of aryl methyl sites for hydroxylation is 1. The number of methoxy groups -OCH3 is 1. The second-order valence-corrected chi connectivity index (χ2v) is 3.66. The quantitative estimate of drug-likeness (QED) is 0.880. The summed E-state index contributed by atoms with van der Waals surface area (Å²) in [5.41, 5.74) is 7.39. The summed E-state index contributed by atoms with van der Waals surface area (Å²) in [5.74, 6) is 1.97. The Bertz CT molecular complexity index is 509. The van der Waals surface area contributed by atoms with E-state index in [1.54, 1.807) is 19.4 Å². The summed E-state index contributed by atoms with van der Waals surface area (Å²) in [6.45, 7) is 1.90. The fourth-order valence-corrected chi connectivity index (χ4v) is 1.34. The summed E-state index contributed by atoms with van der Waals surface area (Å²) >= 11 is 0. The third kappa shape index (κ3) is 2.66. The molecule has 1 aromatic heterocycles. The van der Waals surface area contributed by atoms with Crippen LogP contribution in [0.3, 0.4) is 0 Å². The molecule has 2 aromatic rings. The molecule has 0 unspecified atom stereocenters. The van der Waals surface area contributed by atoms with Crippen LogP contribution in [0.1, 0.15) is 5.56 Å². The van der Waals surface area contributed by atoms with Crippen molar-refractivity contribution in [1.29, 1.82) is 0 Å². The van der Waals surface area contributed by atoms with Gasteiger partial charge in [-0.1, -0.05) is 0 Å². The first kappa shape index (κ1) is 11.3. The van der Waals surface area contributed by atoms with Gasteiger partial charge in [0.15, 0.2) is 0 Å². The van der Waals surface area contributed by atoms with Crippen LogP contribution in [-0.4, -0.2) is 12.1 Å². The molecule has 0 radical (unpaired) electrons. The summed E-state index contributed by atoms with van der Waals surface area (Å²) in [6.07, 6.45) is 1.69. The Morgan fingerprint density at radius 3 is 2.35 bits per heavy atom. The van der Waals surface area contributed by atoms with Crippen LogP contribution >= 0.6 is 0 Å². The Morgan fingerprint density at radius 1 is 1.12 bits per heavy atom. The Hall–Kier alpha value is -2.23. The molecule has 0 aliphatic rings. The molecule has 0 aliphatic heterocycles. The lowest BCUT2D eigenvalue weighted by Crippen LogP contribution is -1.94. The SMILES string of the molecule is COc1ccc(Oc2cc(N)c(C)cn2)cc1. The van der Waals surface area contributed by atoms with Crippen LogP contribution in [0.25, 0.3) is 0 Å². The van der Waals surface area contributed by atoms with E-state index >= 15 is 0 Å². The zero-order valence-electron chi connectivity index (χ0n) is 9.81. The smallest absolute Gasteiger partial charge is 0.221 e. The van der Waals surface area contributed by atoms with Gasteiger partial charge in [-0.2, -0.15) is 0 Å². The van der Waals surface area contributed by atoms with Crippen molar-refractivity contribution >= 4 is 5.69 Å². The van der Waals surface area contributed by atoms with Crippen LogP contribution < -0.4 is 15.2 Å². The number of nitrogens with zero attached hydrogens (tertiary/aromatic N) is 1. The van der Waals surface area contributed by atoms with Gasteiger partial charge in [0.05, 0.1) is 7.11 Å². The molecule has 0 atom stereocenters. The maximum atomic E-state index is 5.78. The Kier molecular flexibility index (Phi) is 3.14. The molecular formula is C13H14N2O2. The molecule has 0 amide bonds. The van der Waals surface area contributed by atoms with Gasteiger partial charge in [-0.15, -0.1) is 0 Å². The molecule has 88 valence electrons. The van der Waals surface area contributed by atoms with E-state index in [4.69, 9.17) is 15.2 Å². The summed E-state index contributed by atoms with van der Waals surface area (Å²) in [5, 5.41) is 0. The molecule has 0 saturated heterocycles. The van der Waals surface area contributed by atoms with E-state index in [1.165, 1.54) is 0 Å². The van der Waals surface area contributed by atoms with E-state index in [1.807, 2.05) is 31.2 Å². The largest absolute Gasteiger partial charge is 0.497 e. The van der Waals surface area contributed by atoms with E-state index in [0.717, 1.165) is 11.3 Å². The first-order valence-electron chi connectivity index (χ1n) is 5.23. The van der Waals surface area contributed by atoms with Crippen LogP contribution in [0.4, 0.5) is 5.69 Å². The van der Waals surface area contributed by atoms with Crippen LogP contribution in [-0.2, 0) is 0 Å². The first-order chi connectivity index (χ1) is 8.19. The van der Waals surface area contributed by atoms with E-state index in [2.05, 4.69) is 4.98 Å². The number of hydrogen-bond donors (Lipinski definition) is 1. The molecule has 0 bridgehead atoms. The van der Waals surface area contributed by atoms with Crippen LogP contribution in [0.2, 0.25) is 0 Å².